The summed E-state index contributed by atoms with van der Waals surface area (Å²) in [7, 11) is 0. The number of carbonyl (C=O) groups excluding carboxylic acids is 2. The highest BCUT2D eigenvalue weighted by Crippen LogP contribution is 2.39. The van der Waals surface area contributed by atoms with Crippen LogP contribution in [-0.4, -0.2) is 37.8 Å². The van der Waals surface area contributed by atoms with E-state index in [0.29, 0.717) is 31.1 Å². The van der Waals surface area contributed by atoms with Crippen molar-refractivity contribution >= 4 is 35.0 Å². The number of nitrogens with one attached hydrogen (secondary N) is 2. The van der Waals surface area contributed by atoms with Crippen molar-refractivity contribution in [2.75, 3.05) is 0 Å². The molecule has 0 bridgehead atoms. The maximum absolute atomic E-state index is 12.3. The van der Waals surface area contributed by atoms with Gasteiger partial charge in [-0.15, -0.1) is 0 Å². The lowest BCUT2D eigenvalue weighted by atomic mass is 9.97. The van der Waals surface area contributed by atoms with Gasteiger partial charge in [0.1, 0.15) is 5.15 Å². The molecule has 0 radical (unpaired) electrons. The molecule has 12 heteroatoms. The molecule has 10 nitrogen and oxygen atoms in total. The summed E-state index contributed by atoms with van der Waals surface area (Å²) >= 11 is 12.4. The molecule has 1 aliphatic rings. The molecule has 4 N–H and O–H groups in total. The van der Waals surface area contributed by atoms with E-state index in [-0.39, 0.29) is 42.7 Å². The van der Waals surface area contributed by atoms with Gasteiger partial charge >= 0.3 is 0 Å². The fraction of sp³-hybridized carbons (Fsp3) is 0.303. The molecule has 236 valence electrons. The Hall–Kier alpha value is -3.77. The summed E-state index contributed by atoms with van der Waals surface area (Å²) in [4.78, 5) is 27.6. The Morgan fingerprint density at radius 2 is 1.64 bits per heavy atom. The number of halogens is 2. The molecule has 4 aromatic rings. The maximum atomic E-state index is 12.3. The second-order valence-corrected chi connectivity index (χ2v) is 11.5. The number of nitrogens with zero attached hydrogens (tertiary/aromatic N) is 2. The van der Waals surface area contributed by atoms with Gasteiger partial charge in [0, 0.05) is 31.4 Å². The average molecular weight is 654 g/mol. The lowest BCUT2D eigenvalue weighted by Gasteiger charge is -2.36. The number of hydrogen-bond donors (Lipinski definition) is 4. The molecule has 5 rings (SSSR count). The van der Waals surface area contributed by atoms with Gasteiger partial charge < -0.3 is 24.5 Å². The molecule has 0 unspecified atom stereocenters. The van der Waals surface area contributed by atoms with E-state index in [9.17, 15) is 14.7 Å². The first-order valence-corrected chi connectivity index (χ1v) is 15.3. The van der Waals surface area contributed by atoms with Crippen molar-refractivity contribution < 1.29 is 29.4 Å². The number of amides is 2. The number of rotatable bonds is 12. The van der Waals surface area contributed by atoms with Crippen molar-refractivity contribution in [3.05, 3.63) is 112 Å². The fourth-order valence-electron chi connectivity index (χ4n) is 5.25. The Morgan fingerprint density at radius 1 is 0.933 bits per heavy atom. The quantitative estimate of drug-likeness (QED) is 0.111. The van der Waals surface area contributed by atoms with Crippen molar-refractivity contribution in [2.45, 2.75) is 63.9 Å². The molecule has 2 amide bonds. The molecule has 0 saturated carbocycles. The monoisotopic (exact) mass is 652 g/mol. The summed E-state index contributed by atoms with van der Waals surface area (Å²) in [6.45, 7) is 0.736. The van der Waals surface area contributed by atoms with Gasteiger partial charge in [-0.3, -0.25) is 14.8 Å². The lowest BCUT2D eigenvalue weighted by Crippen LogP contribution is -2.32. The van der Waals surface area contributed by atoms with Gasteiger partial charge in [-0.1, -0.05) is 96.0 Å². The summed E-state index contributed by atoms with van der Waals surface area (Å²) in [6.07, 6.45) is 1.59. The Morgan fingerprint density at radius 3 is 2.33 bits per heavy atom. The number of aliphatic hydroxyl groups is 1. The number of aromatic nitrogens is 2. The van der Waals surface area contributed by atoms with Crippen molar-refractivity contribution in [3.63, 3.8) is 0 Å². The van der Waals surface area contributed by atoms with E-state index < -0.39 is 12.2 Å². The average Bonchev–Trinajstić information content (AvgIpc) is 3.39. The first-order valence-electron chi connectivity index (χ1n) is 14.6. The summed E-state index contributed by atoms with van der Waals surface area (Å²) in [5, 5.41) is 21.6. The van der Waals surface area contributed by atoms with Gasteiger partial charge in [0.2, 0.25) is 11.8 Å². The first kappa shape index (κ1) is 32.6. The molecule has 1 fully saturated rings. The highest BCUT2D eigenvalue weighted by atomic mass is 35.5. The Labute approximate surface area is 270 Å². The minimum absolute atomic E-state index is 0.0343. The highest BCUT2D eigenvalue weighted by Gasteiger charge is 2.33. The number of benzene rings is 3. The zero-order valence-electron chi connectivity index (χ0n) is 24.4. The van der Waals surface area contributed by atoms with Gasteiger partial charge in [-0.05, 0) is 34.2 Å². The second kappa shape index (κ2) is 15.5. The third-order valence-electron chi connectivity index (χ3n) is 7.67. The van der Waals surface area contributed by atoms with E-state index in [1.54, 1.807) is 16.4 Å². The minimum atomic E-state index is -0.652. The summed E-state index contributed by atoms with van der Waals surface area (Å²) < 4.78 is 14.7. The van der Waals surface area contributed by atoms with Crippen LogP contribution in [0.5, 0.6) is 0 Å². The minimum Gasteiger partial charge on any atom is -0.392 e. The number of aliphatic hydroxyl groups excluding tert-OH is 1. The van der Waals surface area contributed by atoms with Crippen LogP contribution in [0.15, 0.2) is 79.1 Å². The van der Waals surface area contributed by atoms with Crippen LogP contribution < -0.4 is 10.8 Å². The van der Waals surface area contributed by atoms with Gasteiger partial charge in [0.25, 0.3) is 0 Å². The molecular formula is C33H34Cl2N4O6. The number of imidazole rings is 1. The topological polar surface area (TPSA) is 135 Å². The van der Waals surface area contributed by atoms with Gasteiger partial charge in [-0.25, -0.2) is 10.5 Å². The van der Waals surface area contributed by atoms with Crippen molar-refractivity contribution in [2.24, 2.45) is 0 Å². The summed E-state index contributed by atoms with van der Waals surface area (Å²) in [5.41, 5.74) is 7.09. The zero-order chi connectivity index (χ0) is 31.8. The molecule has 1 aliphatic heterocycles. The SMILES string of the molecule is O=C(CCCC(=O)NCc1ccccc1-c1ccc([C@H]2O[C@@H](Cn3cnc(Cl)c3Cl)C[C@@H](c3ccc(CO)cc3)O2)cc1)NO. The van der Waals surface area contributed by atoms with Crippen LogP contribution >= 0.6 is 23.2 Å². The zero-order valence-corrected chi connectivity index (χ0v) is 25.9. The Kier molecular flexibility index (Phi) is 11.2. The van der Waals surface area contributed by atoms with E-state index in [1.807, 2.05) is 72.8 Å². The normalized spacial score (nSPS) is 18.0. The highest BCUT2D eigenvalue weighted by molar-refractivity contribution is 6.40. The van der Waals surface area contributed by atoms with Crippen LogP contribution in [0.1, 0.15) is 60.3 Å². The fourth-order valence-corrected chi connectivity index (χ4v) is 5.56. The van der Waals surface area contributed by atoms with E-state index in [4.69, 9.17) is 37.9 Å². The van der Waals surface area contributed by atoms with E-state index >= 15 is 0 Å². The van der Waals surface area contributed by atoms with Crippen LogP contribution in [0, 0.1) is 0 Å². The number of hydrogen-bond acceptors (Lipinski definition) is 7. The molecule has 1 saturated heterocycles. The summed E-state index contributed by atoms with van der Waals surface area (Å²) in [5.74, 6) is -0.692. The molecule has 0 aliphatic carbocycles. The van der Waals surface area contributed by atoms with E-state index in [1.165, 1.54) is 0 Å². The number of ether oxygens (including phenoxy) is 2. The van der Waals surface area contributed by atoms with Crippen LogP contribution in [0.4, 0.5) is 0 Å². The predicted octanol–water partition coefficient (Wildman–Crippen LogP) is 5.89. The molecule has 3 atom stereocenters. The van der Waals surface area contributed by atoms with Crippen molar-refractivity contribution in [3.8, 4) is 11.1 Å². The van der Waals surface area contributed by atoms with Crippen LogP contribution in [0.3, 0.4) is 0 Å². The largest absolute Gasteiger partial charge is 0.392 e. The lowest BCUT2D eigenvalue weighted by molar-refractivity contribution is -0.252. The van der Waals surface area contributed by atoms with E-state index in [2.05, 4.69) is 10.3 Å². The van der Waals surface area contributed by atoms with E-state index in [0.717, 1.165) is 33.4 Å². The molecular weight excluding hydrogens is 619 g/mol. The van der Waals surface area contributed by atoms with Crippen LogP contribution in [0.2, 0.25) is 10.3 Å². The third kappa shape index (κ3) is 8.49. The first-order chi connectivity index (χ1) is 21.8. The van der Waals surface area contributed by atoms with Crippen LogP contribution in [-0.2, 0) is 38.8 Å². The molecule has 0 spiro atoms. The predicted molar refractivity (Wildman–Crippen MR) is 168 cm³/mol. The van der Waals surface area contributed by atoms with Gasteiger partial charge in [-0.2, -0.15) is 0 Å². The maximum Gasteiger partial charge on any atom is 0.243 e. The summed E-state index contributed by atoms with van der Waals surface area (Å²) in [6, 6.07) is 23.4. The standard InChI is InChI=1S/C33H34Cl2N4O6/c34-31-32(35)39(20-37-31)18-26-16-28(23-10-8-21(19-40)9-11-23)45-33(44-26)24-14-12-22(13-15-24)27-5-2-1-4-25(27)17-36-29(41)6-3-7-30(42)38-43/h1-2,4-5,8-15,20,26,28,33,40,43H,3,6-7,16-19H2,(H,36,41)(H,38,42)/t26-,28+,33+/m1/s1. The van der Waals surface area contributed by atoms with Gasteiger partial charge in [0.05, 0.1) is 31.7 Å². The molecule has 1 aromatic heterocycles. The second-order valence-electron chi connectivity index (χ2n) is 10.8. The smallest absolute Gasteiger partial charge is 0.243 e. The number of carbonyl (C=O) groups is 2. The van der Waals surface area contributed by atoms with Crippen molar-refractivity contribution in [1.82, 2.24) is 20.3 Å². The Balaban J connectivity index is 1.30. The van der Waals surface area contributed by atoms with Crippen LogP contribution in [0.25, 0.3) is 11.1 Å². The van der Waals surface area contributed by atoms with Gasteiger partial charge in [0.15, 0.2) is 11.4 Å². The molecule has 45 heavy (non-hydrogen) atoms. The number of hydroxylamine groups is 1. The van der Waals surface area contributed by atoms with Crippen molar-refractivity contribution in [1.29, 1.82) is 0 Å². The Bertz CT molecular complexity index is 1600. The molecule has 2 heterocycles. The third-order valence-corrected chi connectivity index (χ3v) is 8.44. The molecule has 3 aromatic carbocycles.